The summed E-state index contributed by atoms with van der Waals surface area (Å²) in [6.07, 6.45) is 0.749. The highest BCUT2D eigenvalue weighted by Crippen LogP contribution is 2.37. The van der Waals surface area contributed by atoms with Crippen LogP contribution in [-0.2, 0) is 4.84 Å². The van der Waals surface area contributed by atoms with Gasteiger partial charge in [-0.3, -0.25) is 0 Å². The van der Waals surface area contributed by atoms with E-state index in [2.05, 4.69) is 23.5 Å². The summed E-state index contributed by atoms with van der Waals surface area (Å²) in [4.78, 5) is 6.84. The Kier molecular flexibility index (Phi) is 3.07. The van der Waals surface area contributed by atoms with Crippen molar-refractivity contribution in [1.29, 1.82) is 0 Å². The van der Waals surface area contributed by atoms with E-state index in [-0.39, 0.29) is 6.10 Å². The van der Waals surface area contributed by atoms with E-state index >= 15 is 0 Å². The van der Waals surface area contributed by atoms with E-state index in [1.165, 1.54) is 10.4 Å². The molecule has 0 bridgehead atoms. The molecule has 0 saturated heterocycles. The van der Waals surface area contributed by atoms with E-state index in [1.807, 2.05) is 18.2 Å². The number of aryl methyl sites for hydroxylation is 1. The standard InChI is InChI=1S/C16H15NO3S/c1-10-4-7-21-16(10)12-9-14(20-17-12)11-2-3-13-15(8-11)19-6-5-18-13/h2-4,7-8,14H,5-6,9H2,1H3. The molecule has 0 spiro atoms. The van der Waals surface area contributed by atoms with Gasteiger partial charge in [0.2, 0.25) is 0 Å². The molecule has 1 aromatic heterocycles. The van der Waals surface area contributed by atoms with Gasteiger partial charge in [-0.1, -0.05) is 11.2 Å². The molecule has 1 unspecified atom stereocenters. The molecule has 4 nitrogen and oxygen atoms in total. The molecule has 0 saturated carbocycles. The maximum Gasteiger partial charge on any atom is 0.161 e. The minimum Gasteiger partial charge on any atom is -0.486 e. The van der Waals surface area contributed by atoms with Gasteiger partial charge in [0.25, 0.3) is 0 Å². The van der Waals surface area contributed by atoms with Gasteiger partial charge in [0.15, 0.2) is 17.6 Å². The summed E-state index contributed by atoms with van der Waals surface area (Å²) < 4.78 is 11.2. The van der Waals surface area contributed by atoms with Gasteiger partial charge >= 0.3 is 0 Å². The Hall–Kier alpha value is -2.01. The number of nitrogens with zero attached hydrogens (tertiary/aromatic N) is 1. The van der Waals surface area contributed by atoms with Crippen LogP contribution in [0, 0.1) is 6.92 Å². The maximum absolute atomic E-state index is 5.63. The number of ether oxygens (including phenoxy) is 2. The van der Waals surface area contributed by atoms with E-state index in [4.69, 9.17) is 14.3 Å². The second kappa shape index (κ2) is 5.07. The highest BCUT2D eigenvalue weighted by molar-refractivity contribution is 7.12. The number of benzene rings is 1. The Morgan fingerprint density at radius 1 is 1.14 bits per heavy atom. The Morgan fingerprint density at radius 3 is 2.81 bits per heavy atom. The van der Waals surface area contributed by atoms with Crippen molar-refractivity contribution in [3.8, 4) is 11.5 Å². The molecule has 2 aliphatic rings. The fourth-order valence-electron chi connectivity index (χ4n) is 2.62. The van der Waals surface area contributed by atoms with Gasteiger partial charge in [0.05, 0.1) is 4.88 Å². The Balaban J connectivity index is 1.56. The minimum atomic E-state index is -0.0441. The van der Waals surface area contributed by atoms with E-state index < -0.39 is 0 Å². The Labute approximate surface area is 126 Å². The molecule has 1 aromatic carbocycles. The smallest absolute Gasteiger partial charge is 0.161 e. The van der Waals surface area contributed by atoms with Gasteiger partial charge in [-0.2, -0.15) is 0 Å². The normalized spacial score (nSPS) is 20.0. The molecule has 0 radical (unpaired) electrons. The zero-order valence-electron chi connectivity index (χ0n) is 11.7. The zero-order chi connectivity index (χ0) is 14.2. The summed E-state index contributed by atoms with van der Waals surface area (Å²) in [6.45, 7) is 3.31. The number of fused-ring (bicyclic) bond motifs is 1. The maximum atomic E-state index is 5.63. The van der Waals surface area contributed by atoms with Crippen LogP contribution in [0.3, 0.4) is 0 Å². The SMILES string of the molecule is Cc1ccsc1C1=NOC(c2ccc3c(c2)OCCO3)C1. The first kappa shape index (κ1) is 12.7. The third kappa shape index (κ3) is 2.27. The van der Waals surface area contributed by atoms with E-state index in [1.54, 1.807) is 11.3 Å². The minimum absolute atomic E-state index is 0.0441. The van der Waals surface area contributed by atoms with Crippen LogP contribution in [0.1, 0.15) is 28.5 Å². The van der Waals surface area contributed by atoms with Crippen LogP contribution in [-0.4, -0.2) is 18.9 Å². The van der Waals surface area contributed by atoms with E-state index in [0.717, 1.165) is 29.2 Å². The first-order valence-corrected chi connectivity index (χ1v) is 7.86. The fraction of sp³-hybridized carbons (Fsp3) is 0.312. The predicted molar refractivity (Wildman–Crippen MR) is 81.5 cm³/mol. The Morgan fingerprint density at radius 2 is 2.00 bits per heavy atom. The van der Waals surface area contributed by atoms with Crippen LogP contribution < -0.4 is 9.47 Å². The third-order valence-corrected chi connectivity index (χ3v) is 4.80. The molecule has 4 rings (SSSR count). The zero-order valence-corrected chi connectivity index (χ0v) is 12.5. The highest BCUT2D eigenvalue weighted by atomic mass is 32.1. The molecule has 2 aromatic rings. The molecular formula is C16H15NO3S. The molecule has 21 heavy (non-hydrogen) atoms. The monoisotopic (exact) mass is 301 g/mol. The topological polar surface area (TPSA) is 40.0 Å². The van der Waals surface area contributed by atoms with E-state index in [0.29, 0.717) is 13.2 Å². The van der Waals surface area contributed by atoms with Gasteiger partial charge in [-0.15, -0.1) is 11.3 Å². The number of thiophene rings is 1. The van der Waals surface area contributed by atoms with Crippen molar-refractivity contribution < 1.29 is 14.3 Å². The molecule has 0 N–H and O–H groups in total. The predicted octanol–water partition coefficient (Wildman–Crippen LogP) is 3.69. The molecule has 5 heteroatoms. The van der Waals surface area contributed by atoms with Gasteiger partial charge in [0.1, 0.15) is 18.9 Å². The van der Waals surface area contributed by atoms with Crippen LogP contribution in [0.25, 0.3) is 0 Å². The first-order chi connectivity index (χ1) is 10.3. The summed E-state index contributed by atoms with van der Waals surface area (Å²) in [5, 5.41) is 6.35. The second-order valence-corrected chi connectivity index (χ2v) is 6.09. The lowest BCUT2D eigenvalue weighted by atomic mass is 10.0. The molecule has 0 fully saturated rings. The highest BCUT2D eigenvalue weighted by Gasteiger charge is 2.26. The molecule has 0 aliphatic carbocycles. The number of oxime groups is 1. The molecule has 108 valence electrons. The number of hydrogen-bond donors (Lipinski definition) is 0. The van der Waals surface area contributed by atoms with Gasteiger partial charge in [-0.05, 0) is 41.6 Å². The lowest BCUT2D eigenvalue weighted by Crippen LogP contribution is -2.15. The Bertz CT molecular complexity index is 707. The first-order valence-electron chi connectivity index (χ1n) is 6.98. The summed E-state index contributed by atoms with van der Waals surface area (Å²) in [5.41, 5.74) is 3.36. The van der Waals surface area contributed by atoms with Crippen LogP contribution in [0.2, 0.25) is 0 Å². The van der Waals surface area contributed by atoms with Crippen molar-refractivity contribution in [2.24, 2.45) is 5.16 Å². The lowest BCUT2D eigenvalue weighted by molar-refractivity contribution is 0.0850. The van der Waals surface area contributed by atoms with Crippen LogP contribution in [0.15, 0.2) is 34.8 Å². The summed E-state index contributed by atoms with van der Waals surface area (Å²) >= 11 is 1.71. The molecular weight excluding hydrogens is 286 g/mol. The third-order valence-electron chi connectivity index (χ3n) is 3.73. The quantitative estimate of drug-likeness (QED) is 0.849. The molecule has 2 aliphatic heterocycles. The van der Waals surface area contributed by atoms with E-state index in [9.17, 15) is 0 Å². The molecule has 0 amide bonds. The average Bonchev–Trinajstić information content (AvgIpc) is 3.15. The molecule has 3 heterocycles. The lowest BCUT2D eigenvalue weighted by Gasteiger charge is -2.19. The van der Waals surface area contributed by atoms with Crippen molar-refractivity contribution in [2.75, 3.05) is 13.2 Å². The number of rotatable bonds is 2. The van der Waals surface area contributed by atoms with Crippen molar-refractivity contribution >= 4 is 17.0 Å². The summed E-state index contributed by atoms with van der Waals surface area (Å²) in [7, 11) is 0. The van der Waals surface area contributed by atoms with Crippen LogP contribution >= 0.6 is 11.3 Å². The summed E-state index contributed by atoms with van der Waals surface area (Å²) in [6, 6.07) is 8.08. The molecule has 1 atom stereocenters. The van der Waals surface area contributed by atoms with Gasteiger partial charge in [-0.25, -0.2) is 0 Å². The number of hydrogen-bond acceptors (Lipinski definition) is 5. The van der Waals surface area contributed by atoms with Crippen molar-refractivity contribution in [3.63, 3.8) is 0 Å². The second-order valence-electron chi connectivity index (χ2n) is 5.17. The average molecular weight is 301 g/mol. The van der Waals surface area contributed by atoms with Crippen molar-refractivity contribution in [1.82, 2.24) is 0 Å². The summed E-state index contributed by atoms with van der Waals surface area (Å²) in [5.74, 6) is 1.60. The van der Waals surface area contributed by atoms with Crippen LogP contribution in [0.4, 0.5) is 0 Å². The van der Waals surface area contributed by atoms with Gasteiger partial charge < -0.3 is 14.3 Å². The van der Waals surface area contributed by atoms with Crippen LogP contribution in [0.5, 0.6) is 11.5 Å². The van der Waals surface area contributed by atoms with Crippen molar-refractivity contribution in [3.05, 3.63) is 45.6 Å². The van der Waals surface area contributed by atoms with Gasteiger partial charge in [0, 0.05) is 6.42 Å². The fourth-order valence-corrected chi connectivity index (χ4v) is 3.54. The largest absolute Gasteiger partial charge is 0.486 e. The van der Waals surface area contributed by atoms with Crippen molar-refractivity contribution in [2.45, 2.75) is 19.4 Å².